The van der Waals surface area contributed by atoms with E-state index in [0.29, 0.717) is 28.3 Å². The van der Waals surface area contributed by atoms with E-state index in [2.05, 4.69) is 15.3 Å². The van der Waals surface area contributed by atoms with Crippen LogP contribution < -0.4 is 10.5 Å². The van der Waals surface area contributed by atoms with Crippen molar-refractivity contribution in [3.8, 4) is 17.0 Å². The summed E-state index contributed by atoms with van der Waals surface area (Å²) in [6.45, 7) is 0. The molecule has 0 aliphatic carbocycles. The lowest BCUT2D eigenvalue weighted by Gasteiger charge is -2.09. The van der Waals surface area contributed by atoms with Crippen molar-refractivity contribution >= 4 is 21.5 Å². The molecule has 0 aliphatic rings. The number of primary sulfonamides is 1. The topological polar surface area (TPSA) is 118 Å². The van der Waals surface area contributed by atoms with Gasteiger partial charge in [-0.2, -0.15) is 0 Å². The summed E-state index contributed by atoms with van der Waals surface area (Å²) in [7, 11) is -3.60. The fraction of sp³-hybridized carbons (Fsp3) is 0.0588. The van der Waals surface area contributed by atoms with E-state index in [1.165, 1.54) is 6.33 Å². The number of aromatic nitrogens is 2. The molecule has 3 rings (SSSR count). The number of nitrogens with two attached hydrogens (primary N) is 1. The fourth-order valence-electron chi connectivity index (χ4n) is 2.38. The number of nitrogens with one attached hydrogen (secondary N) is 1. The minimum Gasteiger partial charge on any atom is -0.507 e. The highest BCUT2D eigenvalue weighted by Crippen LogP contribution is 2.28. The molecular weight excluding hydrogens is 340 g/mol. The van der Waals surface area contributed by atoms with Crippen molar-refractivity contribution in [2.45, 2.75) is 5.75 Å². The van der Waals surface area contributed by atoms with E-state index in [9.17, 15) is 13.5 Å². The second-order valence-electron chi connectivity index (χ2n) is 5.44. The van der Waals surface area contributed by atoms with E-state index in [-0.39, 0.29) is 11.5 Å². The van der Waals surface area contributed by atoms with Crippen LogP contribution >= 0.6 is 0 Å². The van der Waals surface area contributed by atoms with Crippen molar-refractivity contribution in [1.29, 1.82) is 0 Å². The largest absolute Gasteiger partial charge is 0.507 e. The number of nitrogens with zero attached hydrogens (tertiary/aromatic N) is 2. The molecule has 0 spiro atoms. The van der Waals surface area contributed by atoms with E-state index < -0.39 is 10.0 Å². The van der Waals surface area contributed by atoms with Crippen LogP contribution in [-0.2, 0) is 15.8 Å². The highest BCUT2D eigenvalue weighted by atomic mass is 32.2. The summed E-state index contributed by atoms with van der Waals surface area (Å²) in [5.41, 5.74) is 2.40. The Kier molecular flexibility index (Phi) is 4.64. The second kappa shape index (κ2) is 6.88. The Labute approximate surface area is 145 Å². The van der Waals surface area contributed by atoms with E-state index in [1.807, 2.05) is 0 Å². The van der Waals surface area contributed by atoms with Gasteiger partial charge in [0, 0.05) is 17.3 Å². The molecule has 1 heterocycles. The number of para-hydroxylation sites is 1. The van der Waals surface area contributed by atoms with E-state index in [4.69, 9.17) is 5.14 Å². The Morgan fingerprint density at radius 3 is 2.60 bits per heavy atom. The standard InChI is InChI=1S/C17H16N4O3S/c18-25(23,24)10-12-4-3-5-13(8-12)21-17-9-15(19-11-20-17)14-6-1-2-7-16(14)22/h1-9,11,22H,10H2,(H2,18,23,24)(H,19,20,21). The molecule has 0 unspecified atom stereocenters. The highest BCUT2D eigenvalue weighted by molar-refractivity contribution is 7.88. The number of phenolic OH excluding ortho intramolecular Hbond substituents is 1. The van der Waals surface area contributed by atoms with Crippen LogP contribution in [0.2, 0.25) is 0 Å². The third-order valence-corrected chi connectivity index (χ3v) is 4.15. The minimum atomic E-state index is -3.60. The van der Waals surface area contributed by atoms with Crippen LogP contribution in [0.15, 0.2) is 60.9 Å². The predicted octanol–water partition coefficient (Wildman–Crippen LogP) is 2.38. The zero-order chi connectivity index (χ0) is 17.9. The lowest BCUT2D eigenvalue weighted by atomic mass is 10.1. The van der Waals surface area contributed by atoms with Gasteiger partial charge >= 0.3 is 0 Å². The van der Waals surface area contributed by atoms with Crippen LogP contribution in [0.5, 0.6) is 5.75 Å². The smallest absolute Gasteiger partial charge is 0.213 e. The Morgan fingerprint density at radius 2 is 1.84 bits per heavy atom. The number of sulfonamides is 1. The summed E-state index contributed by atoms with van der Waals surface area (Å²) in [4.78, 5) is 8.32. The lowest BCUT2D eigenvalue weighted by molar-refractivity contribution is 0.477. The van der Waals surface area contributed by atoms with Crippen molar-refractivity contribution in [2.24, 2.45) is 5.14 Å². The van der Waals surface area contributed by atoms with Gasteiger partial charge in [0.05, 0.1) is 11.4 Å². The first-order valence-corrected chi connectivity index (χ1v) is 9.09. The number of hydrogen-bond donors (Lipinski definition) is 3. The van der Waals surface area contributed by atoms with Crippen molar-refractivity contribution in [3.63, 3.8) is 0 Å². The van der Waals surface area contributed by atoms with Gasteiger partial charge in [-0.3, -0.25) is 0 Å². The number of hydrogen-bond acceptors (Lipinski definition) is 6. The first-order valence-electron chi connectivity index (χ1n) is 7.37. The van der Waals surface area contributed by atoms with Crippen molar-refractivity contribution in [1.82, 2.24) is 9.97 Å². The van der Waals surface area contributed by atoms with Gasteiger partial charge < -0.3 is 10.4 Å². The van der Waals surface area contributed by atoms with Crippen LogP contribution in [0.3, 0.4) is 0 Å². The lowest BCUT2D eigenvalue weighted by Crippen LogP contribution is -2.14. The quantitative estimate of drug-likeness (QED) is 0.646. The maximum Gasteiger partial charge on any atom is 0.213 e. The first kappa shape index (κ1) is 16.9. The molecule has 0 saturated carbocycles. The Morgan fingerprint density at radius 1 is 1.04 bits per heavy atom. The summed E-state index contributed by atoms with van der Waals surface area (Å²) in [6.07, 6.45) is 1.39. The molecular formula is C17H16N4O3S. The summed E-state index contributed by atoms with van der Waals surface area (Å²) >= 11 is 0. The molecule has 0 bridgehead atoms. The van der Waals surface area contributed by atoms with Crippen LogP contribution in [-0.4, -0.2) is 23.5 Å². The molecule has 25 heavy (non-hydrogen) atoms. The minimum absolute atomic E-state index is 0.127. The van der Waals surface area contributed by atoms with Crippen molar-refractivity contribution in [2.75, 3.05) is 5.32 Å². The Bertz CT molecular complexity index is 1010. The Balaban J connectivity index is 1.86. The molecule has 0 amide bonds. The molecule has 0 radical (unpaired) electrons. The van der Waals surface area contributed by atoms with Gasteiger partial charge in [0.15, 0.2) is 0 Å². The average molecular weight is 356 g/mol. The van der Waals surface area contributed by atoms with E-state index in [1.54, 1.807) is 54.6 Å². The maximum atomic E-state index is 11.2. The molecule has 128 valence electrons. The van der Waals surface area contributed by atoms with Gasteiger partial charge in [0.2, 0.25) is 10.0 Å². The SMILES string of the molecule is NS(=O)(=O)Cc1cccc(Nc2cc(-c3ccccc3O)ncn2)c1. The number of benzene rings is 2. The van der Waals surface area contributed by atoms with Crippen molar-refractivity contribution in [3.05, 3.63) is 66.5 Å². The summed E-state index contributed by atoms with van der Waals surface area (Å²) in [5, 5.41) is 18.1. The van der Waals surface area contributed by atoms with Gasteiger partial charge in [0.1, 0.15) is 17.9 Å². The summed E-state index contributed by atoms with van der Waals surface area (Å²) in [5.74, 6) is 0.401. The van der Waals surface area contributed by atoms with Gasteiger partial charge in [0.25, 0.3) is 0 Å². The molecule has 7 nitrogen and oxygen atoms in total. The summed E-state index contributed by atoms with van der Waals surface area (Å²) < 4.78 is 22.4. The maximum absolute atomic E-state index is 11.2. The molecule has 3 aromatic rings. The second-order valence-corrected chi connectivity index (χ2v) is 7.05. The number of rotatable bonds is 5. The van der Waals surface area contributed by atoms with Gasteiger partial charge in [-0.05, 0) is 29.8 Å². The highest BCUT2D eigenvalue weighted by Gasteiger charge is 2.08. The van der Waals surface area contributed by atoms with Crippen LogP contribution in [0.4, 0.5) is 11.5 Å². The van der Waals surface area contributed by atoms with Crippen LogP contribution in [0, 0.1) is 0 Å². The molecule has 0 fully saturated rings. The van der Waals surface area contributed by atoms with Crippen LogP contribution in [0.1, 0.15) is 5.56 Å². The molecule has 0 saturated heterocycles. The van der Waals surface area contributed by atoms with E-state index in [0.717, 1.165) is 0 Å². The normalized spacial score (nSPS) is 11.2. The molecule has 4 N–H and O–H groups in total. The van der Waals surface area contributed by atoms with Gasteiger partial charge in [-0.1, -0.05) is 24.3 Å². The molecule has 0 aliphatic heterocycles. The van der Waals surface area contributed by atoms with Gasteiger partial charge in [-0.25, -0.2) is 23.5 Å². The molecule has 0 atom stereocenters. The number of anilines is 2. The zero-order valence-corrected chi connectivity index (χ0v) is 13.9. The van der Waals surface area contributed by atoms with Crippen LogP contribution in [0.25, 0.3) is 11.3 Å². The van der Waals surface area contributed by atoms with Crippen molar-refractivity contribution < 1.29 is 13.5 Å². The third kappa shape index (κ3) is 4.52. The summed E-state index contributed by atoms with van der Waals surface area (Å²) in [6, 6.07) is 15.5. The molecule has 1 aromatic heterocycles. The number of phenols is 1. The predicted molar refractivity (Wildman–Crippen MR) is 95.7 cm³/mol. The van der Waals surface area contributed by atoms with E-state index >= 15 is 0 Å². The third-order valence-electron chi connectivity index (χ3n) is 3.41. The first-order chi connectivity index (χ1) is 11.9. The fourth-order valence-corrected chi connectivity index (χ4v) is 3.03. The Hall–Kier alpha value is -2.97. The monoisotopic (exact) mass is 356 g/mol. The number of aromatic hydroxyl groups is 1. The zero-order valence-electron chi connectivity index (χ0n) is 13.1. The molecule has 2 aromatic carbocycles. The van der Waals surface area contributed by atoms with Gasteiger partial charge in [-0.15, -0.1) is 0 Å². The molecule has 8 heteroatoms. The average Bonchev–Trinajstić information content (AvgIpc) is 2.54.